The highest BCUT2D eigenvalue weighted by atomic mass is 35.5. The van der Waals surface area contributed by atoms with Gasteiger partial charge in [0.1, 0.15) is 0 Å². The van der Waals surface area contributed by atoms with Crippen LogP contribution in [0.3, 0.4) is 0 Å². The average molecular weight is 302 g/mol. The van der Waals surface area contributed by atoms with Gasteiger partial charge in [0.25, 0.3) is 0 Å². The molecule has 0 amide bonds. The number of hydrogen-bond donors (Lipinski definition) is 1. The number of hydrogen-bond acceptors (Lipinski definition) is 3. The summed E-state index contributed by atoms with van der Waals surface area (Å²) in [6, 6.07) is 10.9. The molecule has 1 aromatic heterocycles. The maximum Gasteiger partial charge on any atom is 0.0491 e. The van der Waals surface area contributed by atoms with Crippen molar-refractivity contribution in [2.45, 2.75) is 19.5 Å². The number of nitrogens with zero attached hydrogens (tertiary/aromatic N) is 2. The molecule has 2 heterocycles. The summed E-state index contributed by atoms with van der Waals surface area (Å²) >= 11 is 6.24. The van der Waals surface area contributed by atoms with Crippen molar-refractivity contribution in [3.05, 3.63) is 64.4 Å². The molecule has 1 aliphatic rings. The quantitative estimate of drug-likeness (QED) is 0.944. The standard InChI is InChI=1S/C17H20ClN3/c1-13-4-5-14(9-16(13)18)12-21-8-7-20-11-17(21)15-3-2-6-19-10-15/h2-6,9-10,17,20H,7-8,11-12H2,1H3. The van der Waals surface area contributed by atoms with Crippen molar-refractivity contribution in [2.75, 3.05) is 19.6 Å². The molecule has 0 saturated carbocycles. The monoisotopic (exact) mass is 301 g/mol. The molecule has 0 spiro atoms. The molecule has 3 rings (SSSR count). The van der Waals surface area contributed by atoms with Gasteiger partial charge in [0, 0.05) is 49.6 Å². The van der Waals surface area contributed by atoms with E-state index in [2.05, 4.69) is 39.5 Å². The Morgan fingerprint density at radius 3 is 3.05 bits per heavy atom. The number of piperazine rings is 1. The van der Waals surface area contributed by atoms with Crippen LogP contribution in [-0.2, 0) is 6.54 Å². The van der Waals surface area contributed by atoms with E-state index < -0.39 is 0 Å². The Bertz CT molecular complexity index is 600. The maximum absolute atomic E-state index is 6.24. The second-order valence-electron chi connectivity index (χ2n) is 5.56. The first-order chi connectivity index (χ1) is 10.2. The van der Waals surface area contributed by atoms with E-state index in [1.165, 1.54) is 11.1 Å². The second-order valence-corrected chi connectivity index (χ2v) is 5.97. The van der Waals surface area contributed by atoms with Crippen molar-refractivity contribution < 1.29 is 0 Å². The molecule has 0 bridgehead atoms. The lowest BCUT2D eigenvalue weighted by Crippen LogP contribution is -2.45. The van der Waals surface area contributed by atoms with Gasteiger partial charge in [0.05, 0.1) is 0 Å². The van der Waals surface area contributed by atoms with E-state index >= 15 is 0 Å². The predicted molar refractivity (Wildman–Crippen MR) is 86.4 cm³/mol. The Hall–Kier alpha value is -1.42. The molecule has 2 aromatic rings. The van der Waals surface area contributed by atoms with Crippen LogP contribution in [-0.4, -0.2) is 29.5 Å². The van der Waals surface area contributed by atoms with Gasteiger partial charge >= 0.3 is 0 Å². The molecule has 1 atom stereocenters. The summed E-state index contributed by atoms with van der Waals surface area (Å²) in [7, 11) is 0. The highest BCUT2D eigenvalue weighted by Gasteiger charge is 2.23. The molecule has 21 heavy (non-hydrogen) atoms. The first-order valence-electron chi connectivity index (χ1n) is 7.34. The van der Waals surface area contributed by atoms with Crippen LogP contribution in [0, 0.1) is 6.92 Å². The van der Waals surface area contributed by atoms with E-state index in [4.69, 9.17) is 11.6 Å². The Morgan fingerprint density at radius 2 is 2.29 bits per heavy atom. The summed E-state index contributed by atoms with van der Waals surface area (Å²) in [6.45, 7) is 5.98. The maximum atomic E-state index is 6.24. The van der Waals surface area contributed by atoms with Gasteiger partial charge in [-0.15, -0.1) is 0 Å². The fourth-order valence-electron chi connectivity index (χ4n) is 2.81. The van der Waals surface area contributed by atoms with Gasteiger partial charge < -0.3 is 5.32 Å². The average Bonchev–Trinajstić information content (AvgIpc) is 2.52. The molecule has 1 aliphatic heterocycles. The van der Waals surface area contributed by atoms with Gasteiger partial charge in [-0.1, -0.05) is 29.8 Å². The molecule has 1 aromatic carbocycles. The van der Waals surface area contributed by atoms with Crippen molar-refractivity contribution in [3.63, 3.8) is 0 Å². The highest BCUT2D eigenvalue weighted by Crippen LogP contribution is 2.25. The van der Waals surface area contributed by atoms with Crippen molar-refractivity contribution in [1.82, 2.24) is 15.2 Å². The number of halogens is 1. The molecule has 110 valence electrons. The summed E-state index contributed by atoms with van der Waals surface area (Å²) < 4.78 is 0. The zero-order chi connectivity index (χ0) is 14.7. The van der Waals surface area contributed by atoms with Gasteiger partial charge in [0.2, 0.25) is 0 Å². The van der Waals surface area contributed by atoms with E-state index in [1.807, 2.05) is 25.4 Å². The Balaban J connectivity index is 1.79. The van der Waals surface area contributed by atoms with E-state index in [9.17, 15) is 0 Å². The van der Waals surface area contributed by atoms with Crippen LogP contribution in [0.4, 0.5) is 0 Å². The number of pyridine rings is 1. The number of aryl methyl sites for hydroxylation is 1. The Morgan fingerprint density at radius 1 is 1.38 bits per heavy atom. The number of nitrogens with one attached hydrogen (secondary N) is 1. The zero-order valence-corrected chi connectivity index (χ0v) is 13.0. The number of benzene rings is 1. The molecule has 1 saturated heterocycles. The topological polar surface area (TPSA) is 28.2 Å². The van der Waals surface area contributed by atoms with E-state index in [0.717, 1.165) is 36.8 Å². The predicted octanol–water partition coefficient (Wildman–Crippen LogP) is 3.19. The third-order valence-electron chi connectivity index (χ3n) is 4.05. The minimum Gasteiger partial charge on any atom is -0.314 e. The normalized spacial score (nSPS) is 19.6. The lowest BCUT2D eigenvalue weighted by atomic mass is 10.0. The first-order valence-corrected chi connectivity index (χ1v) is 7.71. The Kier molecular flexibility index (Phi) is 4.54. The van der Waals surface area contributed by atoms with Crippen LogP contribution >= 0.6 is 11.6 Å². The smallest absolute Gasteiger partial charge is 0.0491 e. The molecule has 0 aliphatic carbocycles. The number of aromatic nitrogens is 1. The lowest BCUT2D eigenvalue weighted by molar-refractivity contribution is 0.153. The molecular weight excluding hydrogens is 282 g/mol. The summed E-state index contributed by atoms with van der Waals surface area (Å²) in [4.78, 5) is 6.75. The van der Waals surface area contributed by atoms with Gasteiger partial charge in [-0.25, -0.2) is 0 Å². The van der Waals surface area contributed by atoms with Crippen LogP contribution in [0.25, 0.3) is 0 Å². The fourth-order valence-corrected chi connectivity index (χ4v) is 3.01. The molecular formula is C17H20ClN3. The van der Waals surface area contributed by atoms with Crippen LogP contribution in [0.1, 0.15) is 22.7 Å². The van der Waals surface area contributed by atoms with Gasteiger partial charge in [-0.05, 0) is 35.7 Å². The first kappa shape index (κ1) is 14.5. The van der Waals surface area contributed by atoms with Crippen LogP contribution in [0.15, 0.2) is 42.7 Å². The molecule has 4 heteroatoms. The summed E-state index contributed by atoms with van der Waals surface area (Å²) in [5.41, 5.74) is 3.66. The third-order valence-corrected chi connectivity index (χ3v) is 4.45. The molecule has 0 radical (unpaired) electrons. The third kappa shape index (κ3) is 3.43. The van der Waals surface area contributed by atoms with Gasteiger partial charge in [-0.3, -0.25) is 9.88 Å². The lowest BCUT2D eigenvalue weighted by Gasteiger charge is -2.36. The van der Waals surface area contributed by atoms with E-state index in [0.29, 0.717) is 6.04 Å². The largest absolute Gasteiger partial charge is 0.314 e. The summed E-state index contributed by atoms with van der Waals surface area (Å²) in [5, 5.41) is 4.32. The summed E-state index contributed by atoms with van der Waals surface area (Å²) in [5.74, 6) is 0. The molecule has 1 fully saturated rings. The second kappa shape index (κ2) is 6.56. The van der Waals surface area contributed by atoms with Gasteiger partial charge in [0.15, 0.2) is 0 Å². The zero-order valence-electron chi connectivity index (χ0n) is 12.2. The highest BCUT2D eigenvalue weighted by molar-refractivity contribution is 6.31. The number of rotatable bonds is 3. The summed E-state index contributed by atoms with van der Waals surface area (Å²) in [6.07, 6.45) is 3.79. The van der Waals surface area contributed by atoms with Crippen molar-refractivity contribution >= 4 is 11.6 Å². The van der Waals surface area contributed by atoms with Gasteiger partial charge in [-0.2, -0.15) is 0 Å². The molecule has 3 nitrogen and oxygen atoms in total. The minimum atomic E-state index is 0.368. The van der Waals surface area contributed by atoms with Crippen molar-refractivity contribution in [1.29, 1.82) is 0 Å². The fraction of sp³-hybridized carbons (Fsp3) is 0.353. The Labute approximate surface area is 131 Å². The van der Waals surface area contributed by atoms with Crippen molar-refractivity contribution in [2.24, 2.45) is 0 Å². The van der Waals surface area contributed by atoms with Crippen LogP contribution < -0.4 is 5.32 Å². The SMILES string of the molecule is Cc1ccc(CN2CCNCC2c2cccnc2)cc1Cl. The molecule has 1 unspecified atom stereocenters. The van der Waals surface area contributed by atoms with Crippen LogP contribution in [0.5, 0.6) is 0 Å². The molecule has 1 N–H and O–H groups in total. The van der Waals surface area contributed by atoms with Crippen molar-refractivity contribution in [3.8, 4) is 0 Å². The van der Waals surface area contributed by atoms with E-state index in [-0.39, 0.29) is 0 Å². The minimum absolute atomic E-state index is 0.368. The van der Waals surface area contributed by atoms with Crippen LogP contribution in [0.2, 0.25) is 5.02 Å². The van der Waals surface area contributed by atoms with E-state index in [1.54, 1.807) is 0 Å².